The average Bonchev–Trinajstić information content (AvgIpc) is 3.11. The second kappa shape index (κ2) is 9.81. The minimum atomic E-state index is -0.0738. The van der Waals surface area contributed by atoms with Gasteiger partial charge >= 0.3 is 0 Å². The predicted octanol–water partition coefficient (Wildman–Crippen LogP) is 3.88. The number of nitrogens with zero attached hydrogens (tertiary/aromatic N) is 3. The highest BCUT2D eigenvalue weighted by atomic mass is 16.5. The molecule has 1 spiro atoms. The second-order valence-corrected chi connectivity index (χ2v) is 8.90. The molecule has 0 bridgehead atoms. The van der Waals surface area contributed by atoms with Crippen molar-refractivity contribution in [2.75, 3.05) is 26.3 Å². The van der Waals surface area contributed by atoms with Crippen LogP contribution in [0.15, 0.2) is 29.0 Å². The van der Waals surface area contributed by atoms with Gasteiger partial charge in [0.25, 0.3) is 0 Å². The molecular weight excluding hydrogens is 394 g/mol. The van der Waals surface area contributed by atoms with Crippen LogP contribution in [0.4, 0.5) is 0 Å². The zero-order chi connectivity index (χ0) is 21.7. The molecule has 2 aromatic rings. The first-order chi connectivity index (χ1) is 15.0. The lowest BCUT2D eigenvalue weighted by atomic mass is 9.78. The molecule has 1 atom stereocenters. The van der Waals surface area contributed by atoms with Gasteiger partial charge in [-0.2, -0.15) is 0 Å². The summed E-state index contributed by atoms with van der Waals surface area (Å²) < 4.78 is 17.3. The number of piperidine rings is 1. The molecule has 2 aliphatic rings. The van der Waals surface area contributed by atoms with Gasteiger partial charge in [-0.05, 0) is 70.4 Å². The van der Waals surface area contributed by atoms with E-state index in [2.05, 4.69) is 10.1 Å². The smallest absolute Gasteiger partial charge is 0.222 e. The molecule has 7 heteroatoms. The number of pyridine rings is 1. The Morgan fingerprint density at radius 1 is 1.32 bits per heavy atom. The minimum Gasteiger partial charge on any atom is -0.492 e. The first-order valence-corrected chi connectivity index (χ1v) is 11.4. The number of aryl methyl sites for hydroxylation is 2. The van der Waals surface area contributed by atoms with Crippen LogP contribution in [0.3, 0.4) is 0 Å². The molecule has 4 heterocycles. The molecule has 4 rings (SSSR count). The molecule has 0 radical (unpaired) electrons. The summed E-state index contributed by atoms with van der Waals surface area (Å²) in [5, 5.41) is 3.98. The Kier molecular flexibility index (Phi) is 6.90. The number of amides is 1. The van der Waals surface area contributed by atoms with Crippen molar-refractivity contribution >= 4 is 5.91 Å². The van der Waals surface area contributed by atoms with Gasteiger partial charge in [-0.1, -0.05) is 5.16 Å². The van der Waals surface area contributed by atoms with Gasteiger partial charge in [-0.3, -0.25) is 9.78 Å². The maximum absolute atomic E-state index is 12.7. The van der Waals surface area contributed by atoms with Crippen LogP contribution in [-0.2, 0) is 16.0 Å². The Morgan fingerprint density at radius 2 is 2.16 bits per heavy atom. The first kappa shape index (κ1) is 21.8. The Balaban J connectivity index is 1.22. The van der Waals surface area contributed by atoms with E-state index in [4.69, 9.17) is 14.0 Å². The first-order valence-electron chi connectivity index (χ1n) is 11.4. The molecule has 2 saturated heterocycles. The van der Waals surface area contributed by atoms with Gasteiger partial charge in [0.1, 0.15) is 11.5 Å². The van der Waals surface area contributed by atoms with E-state index in [9.17, 15) is 4.79 Å². The zero-order valence-corrected chi connectivity index (χ0v) is 18.6. The Morgan fingerprint density at radius 3 is 2.87 bits per heavy atom. The minimum absolute atomic E-state index is 0.0738. The molecule has 2 fully saturated rings. The third-order valence-electron chi connectivity index (χ3n) is 6.82. The van der Waals surface area contributed by atoms with Gasteiger partial charge in [0.05, 0.1) is 24.1 Å². The third kappa shape index (κ3) is 5.45. The molecule has 0 aromatic carbocycles. The molecule has 0 N–H and O–H groups in total. The van der Waals surface area contributed by atoms with Crippen LogP contribution >= 0.6 is 0 Å². The number of rotatable bonds is 7. The molecule has 2 aromatic heterocycles. The summed E-state index contributed by atoms with van der Waals surface area (Å²) in [5.41, 5.74) is 1.88. The van der Waals surface area contributed by atoms with Crippen molar-refractivity contribution in [3.63, 3.8) is 0 Å². The van der Waals surface area contributed by atoms with Crippen LogP contribution in [0.2, 0.25) is 0 Å². The lowest BCUT2D eigenvalue weighted by Crippen LogP contribution is -2.51. The van der Waals surface area contributed by atoms with Crippen LogP contribution in [-0.4, -0.2) is 52.9 Å². The fourth-order valence-electron chi connectivity index (χ4n) is 4.91. The SMILES string of the molecule is Cc1noc(C)c1CCC(=O)N1CCC2(CC1)CC(CCOc1cccnc1)CCO2. The van der Waals surface area contributed by atoms with Crippen LogP contribution in [0.5, 0.6) is 5.75 Å². The number of hydrogen-bond acceptors (Lipinski definition) is 6. The maximum atomic E-state index is 12.7. The second-order valence-electron chi connectivity index (χ2n) is 8.90. The van der Waals surface area contributed by atoms with Crippen molar-refractivity contribution in [1.29, 1.82) is 0 Å². The molecule has 31 heavy (non-hydrogen) atoms. The van der Waals surface area contributed by atoms with Crippen LogP contribution in [0, 0.1) is 19.8 Å². The van der Waals surface area contributed by atoms with Crippen LogP contribution in [0.25, 0.3) is 0 Å². The van der Waals surface area contributed by atoms with Gasteiger partial charge in [0.2, 0.25) is 5.91 Å². The van der Waals surface area contributed by atoms with Crippen molar-refractivity contribution in [2.45, 2.75) is 64.4 Å². The lowest BCUT2D eigenvalue weighted by molar-refractivity contribution is -0.147. The van der Waals surface area contributed by atoms with Crippen molar-refractivity contribution in [1.82, 2.24) is 15.0 Å². The summed E-state index contributed by atoms with van der Waals surface area (Å²) in [6.07, 6.45) is 9.71. The molecule has 0 saturated carbocycles. The highest BCUT2D eigenvalue weighted by Gasteiger charge is 2.40. The fraction of sp³-hybridized carbons (Fsp3) is 0.625. The van der Waals surface area contributed by atoms with Crippen molar-refractivity contribution < 1.29 is 18.8 Å². The maximum Gasteiger partial charge on any atom is 0.222 e. The van der Waals surface area contributed by atoms with E-state index < -0.39 is 0 Å². The largest absolute Gasteiger partial charge is 0.492 e. The zero-order valence-electron chi connectivity index (χ0n) is 18.6. The quantitative estimate of drug-likeness (QED) is 0.667. The number of aromatic nitrogens is 2. The molecule has 0 aliphatic carbocycles. The molecule has 1 amide bonds. The normalized spacial score (nSPS) is 20.7. The summed E-state index contributed by atoms with van der Waals surface area (Å²) in [6.45, 7) is 6.90. The summed E-state index contributed by atoms with van der Waals surface area (Å²) in [6, 6.07) is 3.83. The van der Waals surface area contributed by atoms with E-state index >= 15 is 0 Å². The van der Waals surface area contributed by atoms with E-state index in [0.717, 1.165) is 74.6 Å². The Hall–Kier alpha value is -2.41. The van der Waals surface area contributed by atoms with Gasteiger partial charge in [0.15, 0.2) is 0 Å². The van der Waals surface area contributed by atoms with E-state index in [-0.39, 0.29) is 11.5 Å². The monoisotopic (exact) mass is 427 g/mol. The highest BCUT2D eigenvalue weighted by Crippen LogP contribution is 2.39. The average molecular weight is 428 g/mol. The third-order valence-corrected chi connectivity index (χ3v) is 6.82. The van der Waals surface area contributed by atoms with Crippen molar-refractivity contribution in [2.24, 2.45) is 5.92 Å². The van der Waals surface area contributed by atoms with E-state index in [1.807, 2.05) is 30.9 Å². The summed E-state index contributed by atoms with van der Waals surface area (Å²) >= 11 is 0. The summed E-state index contributed by atoms with van der Waals surface area (Å²) in [5.74, 6) is 2.46. The van der Waals surface area contributed by atoms with E-state index in [1.54, 1.807) is 12.4 Å². The number of ether oxygens (including phenoxy) is 2. The Labute approximate surface area is 184 Å². The van der Waals surface area contributed by atoms with Gasteiger partial charge in [-0.15, -0.1) is 0 Å². The van der Waals surface area contributed by atoms with Crippen molar-refractivity contribution in [3.05, 3.63) is 41.5 Å². The molecule has 7 nitrogen and oxygen atoms in total. The van der Waals surface area contributed by atoms with Gasteiger partial charge in [0, 0.05) is 37.9 Å². The topological polar surface area (TPSA) is 77.7 Å². The number of hydrogen-bond donors (Lipinski definition) is 0. The fourth-order valence-corrected chi connectivity index (χ4v) is 4.91. The van der Waals surface area contributed by atoms with E-state index in [1.165, 1.54) is 0 Å². The highest BCUT2D eigenvalue weighted by molar-refractivity contribution is 5.76. The summed E-state index contributed by atoms with van der Waals surface area (Å²) in [7, 11) is 0. The molecule has 1 unspecified atom stereocenters. The standard InChI is InChI=1S/C24H33N3O4/c1-18-22(19(2)31-26-18)5-6-23(28)27-12-9-24(10-13-27)16-20(8-15-30-24)7-14-29-21-4-3-11-25-17-21/h3-4,11,17,20H,5-10,12-16H2,1-2H3. The van der Waals surface area contributed by atoms with Gasteiger partial charge < -0.3 is 18.9 Å². The summed E-state index contributed by atoms with van der Waals surface area (Å²) in [4.78, 5) is 18.8. The van der Waals surface area contributed by atoms with E-state index in [0.29, 0.717) is 25.4 Å². The Bertz CT molecular complexity index is 839. The molecule has 168 valence electrons. The van der Waals surface area contributed by atoms with Crippen LogP contribution in [0.1, 0.15) is 55.5 Å². The predicted molar refractivity (Wildman–Crippen MR) is 116 cm³/mol. The van der Waals surface area contributed by atoms with Crippen LogP contribution < -0.4 is 4.74 Å². The number of carbonyl (C=O) groups is 1. The lowest BCUT2D eigenvalue weighted by Gasteiger charge is -2.46. The number of likely N-dealkylation sites (tertiary alicyclic amines) is 1. The van der Waals surface area contributed by atoms with Crippen molar-refractivity contribution in [3.8, 4) is 5.75 Å². The number of carbonyl (C=O) groups excluding carboxylic acids is 1. The molecular formula is C24H33N3O4. The van der Waals surface area contributed by atoms with Gasteiger partial charge in [-0.25, -0.2) is 0 Å². The molecule has 2 aliphatic heterocycles.